The second kappa shape index (κ2) is 7.08. The Morgan fingerprint density at radius 2 is 2.05 bits per heavy atom. The molecule has 2 rings (SSSR count). The molecule has 2 aromatic rings. The lowest BCUT2D eigenvalue weighted by Crippen LogP contribution is -2.31. The molecule has 0 aliphatic rings. The molecule has 108 valence electrons. The molecule has 0 radical (unpaired) electrons. The fourth-order valence-corrected chi connectivity index (χ4v) is 2.34. The van der Waals surface area contributed by atoms with Crippen LogP contribution in [0.15, 0.2) is 29.2 Å². The number of hydrogen-bond donors (Lipinski definition) is 1. The minimum atomic E-state index is -0.00948. The van der Waals surface area contributed by atoms with Crippen molar-refractivity contribution in [1.29, 1.82) is 0 Å². The zero-order chi connectivity index (χ0) is 14.4. The standard InChI is InChI=1S/C16H23N3O/c1-3-4-5-6-7-11-18-19-15-14(9-8-10-17-15)12-13(2)16(19)20/h8-10,12,18H,3-7,11H2,1-2H3. The van der Waals surface area contributed by atoms with E-state index in [1.807, 2.05) is 25.1 Å². The number of aromatic nitrogens is 2. The van der Waals surface area contributed by atoms with E-state index in [0.29, 0.717) is 5.65 Å². The molecule has 0 atom stereocenters. The summed E-state index contributed by atoms with van der Waals surface area (Å²) < 4.78 is 1.59. The van der Waals surface area contributed by atoms with E-state index >= 15 is 0 Å². The number of aryl methyl sites for hydroxylation is 1. The van der Waals surface area contributed by atoms with Gasteiger partial charge < -0.3 is 5.43 Å². The van der Waals surface area contributed by atoms with E-state index in [1.165, 1.54) is 25.7 Å². The van der Waals surface area contributed by atoms with Gasteiger partial charge in [-0.05, 0) is 31.5 Å². The Hall–Kier alpha value is -1.84. The summed E-state index contributed by atoms with van der Waals surface area (Å²) in [6.45, 7) is 4.86. The molecule has 0 amide bonds. The molecule has 2 heterocycles. The summed E-state index contributed by atoms with van der Waals surface area (Å²) in [4.78, 5) is 16.5. The lowest BCUT2D eigenvalue weighted by atomic mass is 10.1. The Kier molecular flexibility index (Phi) is 5.16. The van der Waals surface area contributed by atoms with Crippen LogP contribution in [0.1, 0.15) is 44.6 Å². The maximum Gasteiger partial charge on any atom is 0.273 e. The van der Waals surface area contributed by atoms with Crippen LogP contribution < -0.4 is 11.0 Å². The van der Waals surface area contributed by atoms with Crippen LogP contribution >= 0.6 is 0 Å². The van der Waals surface area contributed by atoms with Crippen molar-refractivity contribution in [2.75, 3.05) is 12.0 Å². The minimum Gasteiger partial charge on any atom is -0.321 e. The predicted octanol–water partition coefficient (Wildman–Crippen LogP) is 3.22. The van der Waals surface area contributed by atoms with Gasteiger partial charge >= 0.3 is 0 Å². The molecule has 0 saturated heterocycles. The molecular weight excluding hydrogens is 250 g/mol. The zero-order valence-corrected chi connectivity index (χ0v) is 12.4. The van der Waals surface area contributed by atoms with Crippen molar-refractivity contribution in [3.8, 4) is 0 Å². The van der Waals surface area contributed by atoms with Crippen molar-refractivity contribution >= 4 is 11.0 Å². The van der Waals surface area contributed by atoms with Crippen molar-refractivity contribution in [2.24, 2.45) is 0 Å². The van der Waals surface area contributed by atoms with Gasteiger partial charge in [0.2, 0.25) is 0 Å². The fourth-order valence-electron chi connectivity index (χ4n) is 2.34. The van der Waals surface area contributed by atoms with Gasteiger partial charge in [0.05, 0.1) is 0 Å². The molecule has 0 aliphatic heterocycles. The van der Waals surface area contributed by atoms with Gasteiger partial charge in [-0.3, -0.25) is 4.79 Å². The number of nitrogens with zero attached hydrogens (tertiary/aromatic N) is 2. The first kappa shape index (κ1) is 14.6. The quantitative estimate of drug-likeness (QED) is 0.788. The van der Waals surface area contributed by atoms with Gasteiger partial charge in [-0.2, -0.15) is 0 Å². The molecule has 4 heteroatoms. The lowest BCUT2D eigenvalue weighted by molar-refractivity contribution is 0.630. The van der Waals surface area contributed by atoms with Crippen molar-refractivity contribution in [2.45, 2.75) is 46.0 Å². The van der Waals surface area contributed by atoms with Crippen molar-refractivity contribution in [3.05, 3.63) is 40.3 Å². The molecule has 0 fully saturated rings. The molecule has 0 unspecified atom stereocenters. The third-order valence-electron chi connectivity index (χ3n) is 3.49. The summed E-state index contributed by atoms with van der Waals surface area (Å²) in [5, 5.41) is 0.989. The summed E-state index contributed by atoms with van der Waals surface area (Å²) in [6, 6.07) is 5.76. The van der Waals surface area contributed by atoms with E-state index in [4.69, 9.17) is 0 Å². The number of rotatable bonds is 7. The average molecular weight is 273 g/mol. The molecule has 0 spiro atoms. The van der Waals surface area contributed by atoms with Gasteiger partial charge in [0.15, 0.2) is 5.65 Å². The van der Waals surface area contributed by atoms with Crippen LogP contribution in [0.25, 0.3) is 11.0 Å². The van der Waals surface area contributed by atoms with Gasteiger partial charge in [-0.15, -0.1) is 0 Å². The average Bonchev–Trinajstić information content (AvgIpc) is 2.46. The highest BCUT2D eigenvalue weighted by Gasteiger charge is 2.06. The van der Waals surface area contributed by atoms with E-state index in [9.17, 15) is 4.79 Å². The molecule has 4 nitrogen and oxygen atoms in total. The maximum absolute atomic E-state index is 12.2. The first-order valence-electron chi connectivity index (χ1n) is 7.45. The van der Waals surface area contributed by atoms with E-state index < -0.39 is 0 Å². The monoisotopic (exact) mass is 273 g/mol. The lowest BCUT2D eigenvalue weighted by Gasteiger charge is -2.12. The second-order valence-electron chi connectivity index (χ2n) is 5.21. The highest BCUT2D eigenvalue weighted by molar-refractivity contribution is 5.75. The Labute approximate surface area is 119 Å². The molecule has 2 aromatic heterocycles. The Balaban J connectivity index is 2.09. The summed E-state index contributed by atoms with van der Waals surface area (Å²) in [5.41, 5.74) is 4.65. The van der Waals surface area contributed by atoms with Crippen molar-refractivity contribution < 1.29 is 0 Å². The Morgan fingerprint density at radius 3 is 2.85 bits per heavy atom. The summed E-state index contributed by atoms with van der Waals surface area (Å²) >= 11 is 0. The third kappa shape index (κ3) is 3.38. The first-order valence-corrected chi connectivity index (χ1v) is 7.45. The maximum atomic E-state index is 12.2. The third-order valence-corrected chi connectivity index (χ3v) is 3.49. The summed E-state index contributed by atoms with van der Waals surface area (Å²) in [6.07, 6.45) is 7.80. The van der Waals surface area contributed by atoms with Crippen LogP contribution in [-0.4, -0.2) is 16.2 Å². The fraction of sp³-hybridized carbons (Fsp3) is 0.500. The summed E-state index contributed by atoms with van der Waals surface area (Å²) in [5.74, 6) is 0. The minimum absolute atomic E-state index is 0.00948. The van der Waals surface area contributed by atoms with Crippen molar-refractivity contribution in [3.63, 3.8) is 0 Å². The number of pyridine rings is 2. The van der Waals surface area contributed by atoms with Crippen LogP contribution in [0.5, 0.6) is 0 Å². The smallest absolute Gasteiger partial charge is 0.273 e. The van der Waals surface area contributed by atoms with Gasteiger partial charge in [-0.25, -0.2) is 9.66 Å². The molecule has 0 bridgehead atoms. The summed E-state index contributed by atoms with van der Waals surface area (Å²) in [7, 11) is 0. The number of nitrogens with one attached hydrogen (secondary N) is 1. The van der Waals surface area contributed by atoms with Crippen LogP contribution in [0, 0.1) is 6.92 Å². The normalized spacial score (nSPS) is 10.9. The van der Waals surface area contributed by atoms with Gasteiger partial charge in [0, 0.05) is 23.7 Å². The molecule has 0 aliphatic carbocycles. The number of fused-ring (bicyclic) bond motifs is 1. The topological polar surface area (TPSA) is 46.9 Å². The zero-order valence-electron chi connectivity index (χ0n) is 12.4. The van der Waals surface area contributed by atoms with Crippen LogP contribution in [0.4, 0.5) is 0 Å². The van der Waals surface area contributed by atoms with Crippen LogP contribution in [0.3, 0.4) is 0 Å². The predicted molar refractivity (Wildman–Crippen MR) is 83.7 cm³/mol. The van der Waals surface area contributed by atoms with Gasteiger partial charge in [-0.1, -0.05) is 32.6 Å². The van der Waals surface area contributed by atoms with E-state index in [-0.39, 0.29) is 5.56 Å². The van der Waals surface area contributed by atoms with Crippen LogP contribution in [0.2, 0.25) is 0 Å². The van der Waals surface area contributed by atoms with E-state index in [0.717, 1.165) is 23.9 Å². The molecule has 20 heavy (non-hydrogen) atoms. The van der Waals surface area contributed by atoms with Crippen LogP contribution in [-0.2, 0) is 0 Å². The molecule has 0 aromatic carbocycles. The van der Waals surface area contributed by atoms with E-state index in [1.54, 1.807) is 10.9 Å². The van der Waals surface area contributed by atoms with Crippen molar-refractivity contribution in [1.82, 2.24) is 9.66 Å². The first-order chi connectivity index (χ1) is 9.74. The molecule has 0 saturated carbocycles. The van der Waals surface area contributed by atoms with Gasteiger partial charge in [0.25, 0.3) is 5.56 Å². The molecule has 1 N–H and O–H groups in total. The van der Waals surface area contributed by atoms with E-state index in [2.05, 4.69) is 17.3 Å². The Bertz CT molecular complexity index is 619. The second-order valence-corrected chi connectivity index (χ2v) is 5.21. The number of unbranched alkanes of at least 4 members (excludes halogenated alkanes) is 4. The largest absolute Gasteiger partial charge is 0.321 e. The number of hydrogen-bond acceptors (Lipinski definition) is 3. The SMILES string of the molecule is CCCCCCCNn1c(=O)c(C)cc2cccnc21. The highest BCUT2D eigenvalue weighted by atomic mass is 16.1. The van der Waals surface area contributed by atoms with Gasteiger partial charge in [0.1, 0.15) is 0 Å². The highest BCUT2D eigenvalue weighted by Crippen LogP contribution is 2.09. The molecular formula is C16H23N3O. The Morgan fingerprint density at radius 1 is 1.25 bits per heavy atom.